The molecule has 0 bridgehead atoms. The Balaban J connectivity index is 1.84. The van der Waals surface area contributed by atoms with E-state index in [4.69, 9.17) is 18.9 Å². The first-order chi connectivity index (χ1) is 15.1. The van der Waals surface area contributed by atoms with E-state index >= 15 is 0 Å². The molecule has 4 aromatic rings. The molecule has 0 spiro atoms. The molecule has 2 aromatic heterocycles. The largest absolute Gasteiger partial charge is 0.503 e. The topological polar surface area (TPSA) is 81.5 Å². The van der Waals surface area contributed by atoms with Crippen LogP contribution < -0.4 is 14.3 Å². The van der Waals surface area contributed by atoms with Crippen LogP contribution in [0.3, 0.4) is 0 Å². The van der Waals surface area contributed by atoms with Crippen LogP contribution >= 0.6 is 27.3 Å². The molecule has 9 heteroatoms. The van der Waals surface area contributed by atoms with Crippen molar-refractivity contribution in [1.29, 1.82) is 0 Å². The molecule has 0 radical (unpaired) electrons. The van der Waals surface area contributed by atoms with Crippen molar-refractivity contribution in [1.82, 2.24) is 4.68 Å². The van der Waals surface area contributed by atoms with Gasteiger partial charge in [0.1, 0.15) is 17.1 Å². The van der Waals surface area contributed by atoms with Crippen LogP contribution in [0.25, 0.3) is 11.5 Å². The number of nitrogens with zero attached hydrogens (tertiary/aromatic N) is 3. The summed E-state index contributed by atoms with van der Waals surface area (Å²) >= 11 is 4.76. The Bertz CT molecular complexity index is 1290. The highest BCUT2D eigenvalue weighted by atomic mass is 79.9. The predicted octanol–water partition coefficient (Wildman–Crippen LogP) is 5.41. The number of aromatic nitrogens is 1. The zero-order valence-electron chi connectivity index (χ0n) is 16.7. The molecule has 4 rings (SSSR count). The second-order valence-electron chi connectivity index (χ2n) is 6.27. The second kappa shape index (κ2) is 9.23. The molecule has 0 unspecified atom stereocenters. The average molecular weight is 500 g/mol. The molecule has 31 heavy (non-hydrogen) atoms. The number of phenolic OH excluding ortho intramolecular Hbond substituents is 1. The number of thiazole rings is 1. The maximum Gasteiger partial charge on any atom is 0.211 e. The highest BCUT2D eigenvalue weighted by Gasteiger charge is 2.12. The molecule has 0 aliphatic heterocycles. The molecule has 0 aliphatic carbocycles. The maximum atomic E-state index is 10.0. The molecular weight excluding hydrogens is 482 g/mol. The highest BCUT2D eigenvalue weighted by molar-refractivity contribution is 9.10. The van der Waals surface area contributed by atoms with Crippen LogP contribution in [0.4, 0.5) is 5.69 Å². The number of furan rings is 1. The summed E-state index contributed by atoms with van der Waals surface area (Å²) in [6.07, 6.45) is 3.27. The minimum Gasteiger partial charge on any atom is -0.503 e. The fourth-order valence-electron chi connectivity index (χ4n) is 2.86. The van der Waals surface area contributed by atoms with E-state index in [0.29, 0.717) is 32.2 Å². The lowest BCUT2D eigenvalue weighted by Crippen LogP contribution is -2.11. The van der Waals surface area contributed by atoms with Crippen molar-refractivity contribution in [2.75, 3.05) is 14.2 Å². The third-order valence-electron chi connectivity index (χ3n) is 4.35. The minimum atomic E-state index is 0.0333. The van der Waals surface area contributed by atoms with Crippen molar-refractivity contribution in [3.8, 4) is 28.7 Å². The second-order valence-corrected chi connectivity index (χ2v) is 7.97. The van der Waals surface area contributed by atoms with Gasteiger partial charge in [-0.1, -0.05) is 12.1 Å². The first-order valence-electron chi connectivity index (χ1n) is 9.13. The summed E-state index contributed by atoms with van der Waals surface area (Å²) in [7, 11) is 3.11. The fraction of sp³-hybridized carbons (Fsp3) is 0.0909. The number of aromatic hydroxyl groups is 1. The summed E-state index contributed by atoms with van der Waals surface area (Å²) in [5.41, 5.74) is 2.18. The summed E-state index contributed by atoms with van der Waals surface area (Å²) in [6.45, 7) is 0. The lowest BCUT2D eigenvalue weighted by molar-refractivity contribution is 0.372. The third kappa shape index (κ3) is 4.42. The average Bonchev–Trinajstić information content (AvgIpc) is 3.45. The number of halogens is 1. The number of para-hydroxylation sites is 2. The molecule has 158 valence electrons. The number of rotatable bonds is 6. The Labute approximate surface area is 190 Å². The van der Waals surface area contributed by atoms with Crippen LogP contribution in [0.5, 0.6) is 17.2 Å². The van der Waals surface area contributed by atoms with Crippen molar-refractivity contribution in [2.24, 2.45) is 10.1 Å². The summed E-state index contributed by atoms with van der Waals surface area (Å²) in [4.78, 5) is 5.38. The molecule has 7 nitrogen and oxygen atoms in total. The monoisotopic (exact) mass is 499 g/mol. The van der Waals surface area contributed by atoms with Gasteiger partial charge in [-0.25, -0.2) is 9.67 Å². The van der Waals surface area contributed by atoms with Crippen molar-refractivity contribution in [2.45, 2.75) is 0 Å². The van der Waals surface area contributed by atoms with Gasteiger partial charge in [0.25, 0.3) is 0 Å². The van der Waals surface area contributed by atoms with Crippen molar-refractivity contribution < 1.29 is 19.0 Å². The SMILES string of the molecule is COc1ccccc1N=c1scc(-c2ccco2)n1N=Cc1cc(Br)c(O)c(OC)c1. The van der Waals surface area contributed by atoms with E-state index in [2.05, 4.69) is 21.0 Å². The van der Waals surface area contributed by atoms with Gasteiger partial charge in [-0.2, -0.15) is 5.10 Å². The maximum absolute atomic E-state index is 10.0. The number of hydrogen-bond acceptors (Lipinski definition) is 7. The molecule has 0 aliphatic rings. The quantitative estimate of drug-likeness (QED) is 0.359. The van der Waals surface area contributed by atoms with Crippen LogP contribution in [-0.4, -0.2) is 30.2 Å². The molecular formula is C22H18BrN3O4S. The number of phenols is 1. The van der Waals surface area contributed by atoms with E-state index in [1.54, 1.807) is 36.4 Å². The number of benzene rings is 2. The van der Waals surface area contributed by atoms with Gasteiger partial charge >= 0.3 is 0 Å². The molecule has 0 atom stereocenters. The van der Waals surface area contributed by atoms with E-state index in [1.165, 1.54) is 18.4 Å². The van der Waals surface area contributed by atoms with Crippen LogP contribution in [0.2, 0.25) is 0 Å². The van der Waals surface area contributed by atoms with Crippen LogP contribution in [0, 0.1) is 0 Å². The zero-order chi connectivity index (χ0) is 21.8. The first-order valence-corrected chi connectivity index (χ1v) is 10.8. The van der Waals surface area contributed by atoms with Crippen molar-refractivity contribution in [3.05, 3.63) is 75.0 Å². The van der Waals surface area contributed by atoms with Gasteiger partial charge < -0.3 is 19.0 Å². The van der Waals surface area contributed by atoms with Crippen LogP contribution in [0.1, 0.15) is 5.56 Å². The van der Waals surface area contributed by atoms with Gasteiger partial charge in [0.15, 0.2) is 17.3 Å². The Kier molecular flexibility index (Phi) is 6.24. The molecule has 2 heterocycles. The molecule has 1 N–H and O–H groups in total. The van der Waals surface area contributed by atoms with Crippen molar-refractivity contribution >= 4 is 39.2 Å². The van der Waals surface area contributed by atoms with Gasteiger partial charge in [-0.15, -0.1) is 11.3 Å². The van der Waals surface area contributed by atoms with E-state index in [9.17, 15) is 5.11 Å². The standard InChI is InChI=1S/C22H18BrN3O4S/c1-28-18-7-4-3-6-16(18)25-22-26(17(13-31-22)19-8-5-9-30-19)24-12-14-10-15(23)21(27)20(11-14)29-2/h3-13,27H,1-2H3. The Morgan fingerprint density at radius 1 is 1.10 bits per heavy atom. The summed E-state index contributed by atoms with van der Waals surface area (Å²) < 4.78 is 18.4. The normalized spacial score (nSPS) is 11.9. The van der Waals surface area contributed by atoms with E-state index in [-0.39, 0.29) is 5.75 Å². The summed E-state index contributed by atoms with van der Waals surface area (Å²) in [6, 6.07) is 14.6. The van der Waals surface area contributed by atoms with Crippen LogP contribution in [0.15, 0.2) is 79.2 Å². The van der Waals surface area contributed by atoms with E-state index in [0.717, 1.165) is 11.3 Å². The highest BCUT2D eigenvalue weighted by Crippen LogP contribution is 2.34. The van der Waals surface area contributed by atoms with Gasteiger partial charge in [-0.05, 0) is 57.9 Å². The number of methoxy groups -OCH3 is 2. The van der Waals surface area contributed by atoms with Crippen LogP contribution in [-0.2, 0) is 0 Å². The minimum absolute atomic E-state index is 0.0333. The smallest absolute Gasteiger partial charge is 0.211 e. The first kappa shape index (κ1) is 21.0. The molecule has 2 aromatic carbocycles. The Morgan fingerprint density at radius 3 is 2.65 bits per heavy atom. The Hall–Kier alpha value is -3.30. The lowest BCUT2D eigenvalue weighted by Gasteiger charge is -2.06. The van der Waals surface area contributed by atoms with E-state index in [1.807, 2.05) is 41.8 Å². The molecule has 0 fully saturated rings. The number of hydrogen-bond donors (Lipinski definition) is 1. The molecule has 0 saturated heterocycles. The molecule has 0 amide bonds. The molecule has 0 saturated carbocycles. The predicted molar refractivity (Wildman–Crippen MR) is 124 cm³/mol. The summed E-state index contributed by atoms with van der Waals surface area (Å²) in [5, 5.41) is 16.6. The van der Waals surface area contributed by atoms with Gasteiger partial charge in [0.05, 0.1) is 31.2 Å². The zero-order valence-corrected chi connectivity index (χ0v) is 19.1. The van der Waals surface area contributed by atoms with Gasteiger partial charge in [0, 0.05) is 5.38 Å². The van der Waals surface area contributed by atoms with E-state index < -0.39 is 0 Å². The number of ether oxygens (including phenoxy) is 2. The fourth-order valence-corrected chi connectivity index (χ4v) is 4.15. The van der Waals surface area contributed by atoms with Gasteiger partial charge in [0.2, 0.25) is 4.80 Å². The Morgan fingerprint density at radius 2 is 1.90 bits per heavy atom. The van der Waals surface area contributed by atoms with Crippen molar-refractivity contribution in [3.63, 3.8) is 0 Å². The summed E-state index contributed by atoms with van der Waals surface area (Å²) in [5.74, 6) is 1.71. The van der Waals surface area contributed by atoms with Gasteiger partial charge in [-0.3, -0.25) is 0 Å². The lowest BCUT2D eigenvalue weighted by atomic mass is 10.2. The third-order valence-corrected chi connectivity index (χ3v) is 5.77.